The maximum absolute atomic E-state index is 4.91. The van der Waals surface area contributed by atoms with Crippen LogP contribution in [0.5, 0.6) is 0 Å². The Hall–Kier alpha value is 0.137. The van der Waals surface area contributed by atoms with Crippen LogP contribution in [0.2, 0.25) is 0 Å². The molecule has 3 radical (unpaired) electrons. The zero-order valence-electron chi connectivity index (χ0n) is 5.06. The first-order valence-electron chi connectivity index (χ1n) is 2.42. The molecule has 0 bridgehead atoms. The lowest BCUT2D eigenvalue weighted by Gasteiger charge is -2.21. The van der Waals surface area contributed by atoms with Gasteiger partial charge < -0.3 is 4.43 Å². The first kappa shape index (κ1) is 9.14. The number of rotatable bonds is 4. The molecule has 9 heavy (non-hydrogen) atoms. The maximum atomic E-state index is 4.91. The number of alkyl halides is 1. The normalized spacial score (nSPS) is 10.9. The summed E-state index contributed by atoms with van der Waals surface area (Å²) in [5, 5.41) is 0.649. The maximum Gasteiger partial charge on any atom is 0.248 e. The van der Waals surface area contributed by atoms with Crippen molar-refractivity contribution in [1.82, 2.24) is 0 Å². The summed E-state index contributed by atoms with van der Waals surface area (Å²) in [7, 11) is 2.93. The molecule has 0 saturated carbocycles. The molecular formula is C6H8BrOSi. The van der Waals surface area contributed by atoms with E-state index in [0.717, 1.165) is 0 Å². The summed E-state index contributed by atoms with van der Waals surface area (Å²) < 4.78 is 4.91. The standard InChI is InChI=1S/C6H8BrOSi/c1-3-6(4-2,5-7)8-9/h3-4H,1-2,5H2. The van der Waals surface area contributed by atoms with E-state index in [1.807, 2.05) is 0 Å². The van der Waals surface area contributed by atoms with Crippen LogP contribution in [0, 0.1) is 0 Å². The average molecular weight is 204 g/mol. The predicted octanol–water partition coefficient (Wildman–Crippen LogP) is 1.59. The Kier molecular flexibility index (Phi) is 4.09. The largest absolute Gasteiger partial charge is 0.406 e. The van der Waals surface area contributed by atoms with E-state index in [1.165, 1.54) is 0 Å². The van der Waals surface area contributed by atoms with Crippen LogP contribution in [-0.4, -0.2) is 21.4 Å². The lowest BCUT2D eigenvalue weighted by atomic mass is 10.1. The van der Waals surface area contributed by atoms with Gasteiger partial charge in [0.1, 0.15) is 5.60 Å². The summed E-state index contributed by atoms with van der Waals surface area (Å²) >= 11 is 3.25. The molecule has 49 valence electrons. The van der Waals surface area contributed by atoms with Crippen molar-refractivity contribution in [3.05, 3.63) is 25.3 Å². The number of halogens is 1. The minimum Gasteiger partial charge on any atom is -0.406 e. The molecule has 0 saturated heterocycles. The van der Waals surface area contributed by atoms with Crippen LogP contribution in [0.1, 0.15) is 0 Å². The topological polar surface area (TPSA) is 9.23 Å². The summed E-state index contributed by atoms with van der Waals surface area (Å²) in [5.41, 5.74) is -0.475. The zero-order chi connectivity index (χ0) is 7.33. The summed E-state index contributed by atoms with van der Waals surface area (Å²) in [6.45, 7) is 7.18. The van der Waals surface area contributed by atoms with Gasteiger partial charge in [-0.15, -0.1) is 0 Å². The van der Waals surface area contributed by atoms with Gasteiger partial charge in [-0.25, -0.2) is 0 Å². The third-order valence-electron chi connectivity index (χ3n) is 1.09. The van der Waals surface area contributed by atoms with Crippen LogP contribution in [0.15, 0.2) is 25.3 Å². The van der Waals surface area contributed by atoms with Gasteiger partial charge in [0.05, 0.1) is 0 Å². The molecule has 0 spiro atoms. The highest BCUT2D eigenvalue weighted by Gasteiger charge is 2.18. The summed E-state index contributed by atoms with van der Waals surface area (Å²) in [6, 6.07) is 0. The van der Waals surface area contributed by atoms with Crippen molar-refractivity contribution in [2.24, 2.45) is 0 Å². The van der Waals surface area contributed by atoms with Gasteiger partial charge in [-0.2, -0.15) is 0 Å². The molecule has 0 amide bonds. The van der Waals surface area contributed by atoms with E-state index in [0.29, 0.717) is 5.33 Å². The minimum absolute atomic E-state index is 0.475. The van der Waals surface area contributed by atoms with Crippen LogP contribution >= 0.6 is 15.9 Å². The van der Waals surface area contributed by atoms with Crippen molar-refractivity contribution in [1.29, 1.82) is 0 Å². The SMILES string of the molecule is C=CC(C=C)(CBr)O[Si]. The van der Waals surface area contributed by atoms with E-state index in [9.17, 15) is 0 Å². The van der Waals surface area contributed by atoms with E-state index < -0.39 is 5.60 Å². The Morgan fingerprint density at radius 1 is 1.56 bits per heavy atom. The van der Waals surface area contributed by atoms with Crippen molar-refractivity contribution >= 4 is 26.4 Å². The van der Waals surface area contributed by atoms with E-state index in [2.05, 4.69) is 39.6 Å². The van der Waals surface area contributed by atoms with Crippen LogP contribution < -0.4 is 0 Å². The molecule has 1 nitrogen and oxygen atoms in total. The molecule has 3 heteroatoms. The molecule has 0 aromatic rings. The molecule has 0 heterocycles. The smallest absolute Gasteiger partial charge is 0.248 e. The molecular weight excluding hydrogens is 196 g/mol. The highest BCUT2D eigenvalue weighted by molar-refractivity contribution is 9.09. The Bertz CT molecular complexity index is 99.6. The molecule has 0 rings (SSSR count). The van der Waals surface area contributed by atoms with Gasteiger partial charge in [-0.1, -0.05) is 41.2 Å². The third-order valence-corrected chi connectivity index (χ3v) is 2.35. The highest BCUT2D eigenvalue weighted by Crippen LogP contribution is 2.14. The van der Waals surface area contributed by atoms with E-state index in [1.54, 1.807) is 12.2 Å². The van der Waals surface area contributed by atoms with Crippen molar-refractivity contribution in [2.45, 2.75) is 5.60 Å². The Morgan fingerprint density at radius 2 is 2.00 bits per heavy atom. The van der Waals surface area contributed by atoms with Crippen molar-refractivity contribution in [2.75, 3.05) is 5.33 Å². The Labute approximate surface area is 67.5 Å². The average Bonchev–Trinajstić information content (AvgIpc) is 1.95. The molecule has 0 aromatic carbocycles. The highest BCUT2D eigenvalue weighted by atomic mass is 79.9. The monoisotopic (exact) mass is 203 g/mol. The second kappa shape index (κ2) is 4.03. The number of hydrogen-bond donors (Lipinski definition) is 0. The molecule has 0 N–H and O–H groups in total. The fourth-order valence-corrected chi connectivity index (χ4v) is 1.33. The van der Waals surface area contributed by atoms with Gasteiger partial charge in [0, 0.05) is 5.33 Å². The van der Waals surface area contributed by atoms with Gasteiger partial charge in [0.15, 0.2) is 0 Å². The van der Waals surface area contributed by atoms with E-state index >= 15 is 0 Å². The molecule has 0 aliphatic rings. The minimum atomic E-state index is -0.475. The van der Waals surface area contributed by atoms with Crippen molar-refractivity contribution < 1.29 is 4.43 Å². The molecule has 0 aromatic heterocycles. The lowest BCUT2D eigenvalue weighted by molar-refractivity contribution is 0.221. The molecule has 0 aliphatic heterocycles. The van der Waals surface area contributed by atoms with E-state index in [-0.39, 0.29) is 0 Å². The third kappa shape index (κ3) is 2.08. The lowest BCUT2D eigenvalue weighted by Crippen LogP contribution is -2.27. The molecule has 0 unspecified atom stereocenters. The first-order valence-corrected chi connectivity index (χ1v) is 3.95. The van der Waals surface area contributed by atoms with Crippen LogP contribution in [0.3, 0.4) is 0 Å². The predicted molar refractivity (Wildman–Crippen MR) is 43.8 cm³/mol. The summed E-state index contributed by atoms with van der Waals surface area (Å²) in [5.74, 6) is 0. The summed E-state index contributed by atoms with van der Waals surface area (Å²) in [6.07, 6.45) is 3.34. The quantitative estimate of drug-likeness (QED) is 0.384. The second-order valence-corrected chi connectivity index (χ2v) is 2.36. The van der Waals surface area contributed by atoms with Gasteiger partial charge in [0.25, 0.3) is 0 Å². The zero-order valence-corrected chi connectivity index (χ0v) is 7.65. The summed E-state index contributed by atoms with van der Waals surface area (Å²) in [4.78, 5) is 0. The first-order chi connectivity index (χ1) is 4.24. The van der Waals surface area contributed by atoms with Crippen LogP contribution in [0.25, 0.3) is 0 Å². The fourth-order valence-electron chi connectivity index (χ4n) is 0.303. The van der Waals surface area contributed by atoms with Crippen LogP contribution in [0.4, 0.5) is 0 Å². The molecule has 0 aliphatic carbocycles. The van der Waals surface area contributed by atoms with Gasteiger partial charge >= 0.3 is 0 Å². The molecule has 0 fully saturated rings. The van der Waals surface area contributed by atoms with Gasteiger partial charge in [0.2, 0.25) is 10.5 Å². The van der Waals surface area contributed by atoms with Crippen LogP contribution in [-0.2, 0) is 4.43 Å². The van der Waals surface area contributed by atoms with Gasteiger partial charge in [-0.3, -0.25) is 0 Å². The van der Waals surface area contributed by atoms with Crippen molar-refractivity contribution in [3.63, 3.8) is 0 Å². The van der Waals surface area contributed by atoms with Crippen molar-refractivity contribution in [3.8, 4) is 0 Å². The molecule has 0 atom stereocenters. The Balaban J connectivity index is 4.15. The fraction of sp³-hybridized carbons (Fsp3) is 0.333. The van der Waals surface area contributed by atoms with E-state index in [4.69, 9.17) is 4.43 Å². The Morgan fingerprint density at radius 3 is 2.00 bits per heavy atom. The number of hydrogen-bond acceptors (Lipinski definition) is 1. The van der Waals surface area contributed by atoms with Gasteiger partial charge in [-0.05, 0) is 0 Å². The second-order valence-electron chi connectivity index (χ2n) is 1.60.